The summed E-state index contributed by atoms with van der Waals surface area (Å²) >= 11 is 1.75. The molecule has 0 spiro atoms. The van der Waals surface area contributed by atoms with Crippen LogP contribution in [0.3, 0.4) is 0 Å². The molecule has 1 saturated heterocycles. The van der Waals surface area contributed by atoms with Gasteiger partial charge in [-0.25, -0.2) is 4.99 Å². The lowest BCUT2D eigenvalue weighted by Crippen LogP contribution is -2.49. The number of rotatable bonds is 8. The van der Waals surface area contributed by atoms with Gasteiger partial charge in [-0.1, -0.05) is 12.1 Å². The van der Waals surface area contributed by atoms with Crippen molar-refractivity contribution in [1.29, 1.82) is 0 Å². The number of aliphatic imine (C=N–C) groups is 1. The van der Waals surface area contributed by atoms with Crippen LogP contribution in [0.4, 0.5) is 0 Å². The molecule has 1 unspecified atom stereocenters. The number of morpholine rings is 1. The number of ether oxygens (including phenoxy) is 2. The van der Waals surface area contributed by atoms with E-state index in [4.69, 9.17) is 14.5 Å². The van der Waals surface area contributed by atoms with Crippen molar-refractivity contribution in [1.82, 2.24) is 15.5 Å². The van der Waals surface area contributed by atoms with Crippen LogP contribution in [0.15, 0.2) is 40.7 Å². The van der Waals surface area contributed by atoms with E-state index in [0.717, 1.165) is 51.1 Å². The average molecular weight is 545 g/mol. The Morgan fingerprint density at radius 1 is 1.20 bits per heavy atom. The molecule has 1 aromatic carbocycles. The van der Waals surface area contributed by atoms with E-state index in [0.29, 0.717) is 12.6 Å². The largest absolute Gasteiger partial charge is 0.497 e. The maximum Gasteiger partial charge on any atom is 0.191 e. The SMILES string of the molecule is CCNC(=NCc1cc(-c2ccc(OC)cc2)cs1)NCC(C)N1CCOCC1.I. The predicted molar refractivity (Wildman–Crippen MR) is 136 cm³/mol. The van der Waals surface area contributed by atoms with Crippen LogP contribution in [0.2, 0.25) is 0 Å². The predicted octanol–water partition coefficient (Wildman–Crippen LogP) is 3.82. The summed E-state index contributed by atoms with van der Waals surface area (Å²) < 4.78 is 10.7. The normalized spacial score (nSPS) is 15.9. The number of hydrogen-bond acceptors (Lipinski definition) is 5. The first-order valence-electron chi connectivity index (χ1n) is 10.3. The van der Waals surface area contributed by atoms with Crippen LogP contribution in [0.1, 0.15) is 18.7 Å². The number of hydrogen-bond donors (Lipinski definition) is 2. The van der Waals surface area contributed by atoms with E-state index in [1.807, 2.05) is 12.1 Å². The van der Waals surface area contributed by atoms with Gasteiger partial charge in [0.05, 0.1) is 26.9 Å². The van der Waals surface area contributed by atoms with Gasteiger partial charge in [-0.15, -0.1) is 35.3 Å². The van der Waals surface area contributed by atoms with E-state index in [1.165, 1.54) is 16.0 Å². The molecule has 0 saturated carbocycles. The minimum absolute atomic E-state index is 0. The standard InChI is InChI=1S/C22H32N4O2S.HI/c1-4-23-22(24-14-17(2)26-9-11-28-12-10-26)25-15-21-13-19(16-29-21)18-5-7-20(27-3)8-6-18;/h5-8,13,16-17H,4,9-12,14-15H2,1-3H3,(H2,23,24,25);1H. The molecule has 2 N–H and O–H groups in total. The molecule has 0 bridgehead atoms. The Hall–Kier alpha value is -1.36. The maximum atomic E-state index is 5.44. The number of nitrogens with zero attached hydrogens (tertiary/aromatic N) is 2. The lowest BCUT2D eigenvalue weighted by molar-refractivity contribution is 0.0211. The molecule has 0 amide bonds. The van der Waals surface area contributed by atoms with Gasteiger partial charge in [0.15, 0.2) is 5.96 Å². The molecule has 8 heteroatoms. The zero-order chi connectivity index (χ0) is 20.5. The van der Waals surface area contributed by atoms with Crippen molar-refractivity contribution in [3.8, 4) is 16.9 Å². The number of nitrogens with one attached hydrogen (secondary N) is 2. The van der Waals surface area contributed by atoms with Gasteiger partial charge in [0.25, 0.3) is 0 Å². The zero-order valence-electron chi connectivity index (χ0n) is 18.0. The molecule has 0 radical (unpaired) electrons. The Kier molecular flexibility index (Phi) is 10.9. The quantitative estimate of drug-likeness (QED) is 0.301. The summed E-state index contributed by atoms with van der Waals surface area (Å²) in [6.07, 6.45) is 0. The van der Waals surface area contributed by atoms with Crippen LogP contribution in [-0.2, 0) is 11.3 Å². The van der Waals surface area contributed by atoms with Gasteiger partial charge in [-0.2, -0.15) is 0 Å². The zero-order valence-corrected chi connectivity index (χ0v) is 21.2. The molecular formula is C22H33IN4O2S. The van der Waals surface area contributed by atoms with Crippen LogP contribution in [0, 0.1) is 0 Å². The first kappa shape index (κ1) is 24.9. The third-order valence-corrected chi connectivity index (χ3v) is 5.97. The van der Waals surface area contributed by atoms with E-state index in [1.54, 1.807) is 18.4 Å². The highest BCUT2D eigenvalue weighted by Crippen LogP contribution is 2.27. The Labute approximate surface area is 201 Å². The topological polar surface area (TPSA) is 58.1 Å². The Bertz CT molecular complexity index is 776. The van der Waals surface area contributed by atoms with Gasteiger partial charge < -0.3 is 20.1 Å². The van der Waals surface area contributed by atoms with Crippen LogP contribution >= 0.6 is 35.3 Å². The van der Waals surface area contributed by atoms with Crippen molar-refractivity contribution in [2.75, 3.05) is 46.5 Å². The third-order valence-electron chi connectivity index (χ3n) is 5.05. The van der Waals surface area contributed by atoms with Crippen molar-refractivity contribution >= 4 is 41.3 Å². The van der Waals surface area contributed by atoms with Gasteiger partial charge in [-0.05, 0) is 48.6 Å². The van der Waals surface area contributed by atoms with Crippen molar-refractivity contribution in [3.63, 3.8) is 0 Å². The smallest absolute Gasteiger partial charge is 0.191 e. The molecule has 1 atom stereocenters. The van der Waals surface area contributed by atoms with E-state index in [2.05, 4.69) is 53.0 Å². The number of benzene rings is 1. The molecule has 30 heavy (non-hydrogen) atoms. The van der Waals surface area contributed by atoms with Gasteiger partial charge in [0, 0.05) is 37.1 Å². The molecule has 6 nitrogen and oxygen atoms in total. The average Bonchev–Trinajstić information content (AvgIpc) is 3.25. The number of halogens is 1. The monoisotopic (exact) mass is 544 g/mol. The van der Waals surface area contributed by atoms with Gasteiger partial charge in [-0.3, -0.25) is 4.90 Å². The van der Waals surface area contributed by atoms with E-state index < -0.39 is 0 Å². The molecule has 1 aliphatic rings. The molecular weight excluding hydrogens is 511 g/mol. The van der Waals surface area contributed by atoms with Crippen molar-refractivity contribution in [2.45, 2.75) is 26.4 Å². The molecule has 1 fully saturated rings. The van der Waals surface area contributed by atoms with E-state index >= 15 is 0 Å². The summed E-state index contributed by atoms with van der Waals surface area (Å²) in [7, 11) is 1.69. The first-order chi connectivity index (χ1) is 14.2. The molecule has 0 aliphatic carbocycles. The summed E-state index contributed by atoms with van der Waals surface area (Å²) in [5, 5.41) is 9.02. The van der Waals surface area contributed by atoms with E-state index in [9.17, 15) is 0 Å². The molecule has 166 valence electrons. The molecule has 3 rings (SSSR count). The fourth-order valence-corrected chi connectivity index (χ4v) is 4.11. The van der Waals surface area contributed by atoms with Crippen LogP contribution < -0.4 is 15.4 Å². The second-order valence-electron chi connectivity index (χ2n) is 7.10. The van der Waals surface area contributed by atoms with Gasteiger partial charge in [0.2, 0.25) is 0 Å². The lowest BCUT2D eigenvalue weighted by Gasteiger charge is -2.32. The first-order valence-corrected chi connectivity index (χ1v) is 11.1. The molecule has 1 aliphatic heterocycles. The minimum Gasteiger partial charge on any atom is -0.497 e. The Balaban J connectivity index is 0.00000320. The van der Waals surface area contributed by atoms with E-state index in [-0.39, 0.29) is 24.0 Å². The minimum atomic E-state index is 0. The number of guanidine groups is 1. The Morgan fingerprint density at radius 2 is 1.93 bits per heavy atom. The highest BCUT2D eigenvalue weighted by atomic mass is 127. The van der Waals surface area contributed by atoms with Crippen molar-refractivity contribution in [2.24, 2.45) is 4.99 Å². The lowest BCUT2D eigenvalue weighted by atomic mass is 10.1. The highest BCUT2D eigenvalue weighted by molar-refractivity contribution is 14.0. The van der Waals surface area contributed by atoms with Crippen LogP contribution in [-0.4, -0.2) is 63.4 Å². The summed E-state index contributed by atoms with van der Waals surface area (Å²) in [5.41, 5.74) is 2.42. The van der Waals surface area contributed by atoms with Crippen molar-refractivity contribution in [3.05, 3.63) is 40.6 Å². The Morgan fingerprint density at radius 3 is 2.60 bits per heavy atom. The molecule has 2 heterocycles. The fourth-order valence-electron chi connectivity index (χ4n) is 3.29. The molecule has 1 aromatic heterocycles. The summed E-state index contributed by atoms with van der Waals surface area (Å²) in [6.45, 7) is 10.4. The number of thiophene rings is 1. The summed E-state index contributed by atoms with van der Waals surface area (Å²) in [5.74, 6) is 1.74. The highest BCUT2D eigenvalue weighted by Gasteiger charge is 2.17. The van der Waals surface area contributed by atoms with Crippen LogP contribution in [0.25, 0.3) is 11.1 Å². The summed E-state index contributed by atoms with van der Waals surface area (Å²) in [4.78, 5) is 8.48. The van der Waals surface area contributed by atoms with Gasteiger partial charge >= 0.3 is 0 Å². The fraction of sp³-hybridized carbons (Fsp3) is 0.500. The van der Waals surface area contributed by atoms with Gasteiger partial charge in [0.1, 0.15) is 5.75 Å². The maximum absolute atomic E-state index is 5.44. The number of methoxy groups -OCH3 is 1. The van der Waals surface area contributed by atoms with Crippen LogP contribution in [0.5, 0.6) is 5.75 Å². The molecule has 2 aromatic rings. The van der Waals surface area contributed by atoms with Crippen molar-refractivity contribution < 1.29 is 9.47 Å². The second-order valence-corrected chi connectivity index (χ2v) is 8.10. The second kappa shape index (κ2) is 13.1. The summed E-state index contributed by atoms with van der Waals surface area (Å²) in [6, 6.07) is 10.8. The third kappa shape index (κ3) is 7.40.